The number of carbonyl (C=O) groups excluding carboxylic acids is 2. The van der Waals surface area contributed by atoms with Gasteiger partial charge < -0.3 is 4.74 Å². The van der Waals surface area contributed by atoms with Crippen molar-refractivity contribution >= 4 is 32.7 Å². The minimum absolute atomic E-state index is 0.0847. The molecule has 6 nitrogen and oxygen atoms in total. The standard InChI is InChI=1S/C22H25NO5S/c1-28-20(24)14-17-15-22(12-5-2-6-13-22)23(21(17)25)29(26,27)19-11-7-9-16-8-3-4-10-18(16)19/h3-4,7-11,17H,2,5-6,12-15H2,1H3/t17-/m1/s1. The topological polar surface area (TPSA) is 80.8 Å². The quantitative estimate of drug-likeness (QED) is 0.712. The predicted molar refractivity (Wildman–Crippen MR) is 109 cm³/mol. The summed E-state index contributed by atoms with van der Waals surface area (Å²) in [5, 5.41) is 1.41. The smallest absolute Gasteiger partial charge is 0.306 e. The Kier molecular flexibility index (Phi) is 5.11. The molecule has 0 unspecified atom stereocenters. The maximum atomic E-state index is 13.8. The molecule has 1 atom stereocenters. The molecule has 1 heterocycles. The fraction of sp³-hybridized carbons (Fsp3) is 0.455. The number of esters is 1. The average molecular weight is 416 g/mol. The van der Waals surface area contributed by atoms with Gasteiger partial charge >= 0.3 is 5.97 Å². The van der Waals surface area contributed by atoms with Crippen LogP contribution in [0.2, 0.25) is 0 Å². The van der Waals surface area contributed by atoms with E-state index in [1.54, 1.807) is 24.3 Å². The molecule has 1 spiro atoms. The fourth-order valence-corrected chi connectivity index (χ4v) is 7.05. The van der Waals surface area contributed by atoms with Gasteiger partial charge in [0.25, 0.3) is 10.0 Å². The van der Waals surface area contributed by atoms with Crippen LogP contribution in [-0.4, -0.2) is 37.2 Å². The number of hydrogen-bond acceptors (Lipinski definition) is 5. The molecule has 2 fully saturated rings. The monoisotopic (exact) mass is 415 g/mol. The highest BCUT2D eigenvalue weighted by Crippen LogP contribution is 2.48. The highest BCUT2D eigenvalue weighted by atomic mass is 32.2. The molecule has 4 rings (SSSR count). The first kappa shape index (κ1) is 19.9. The third-order valence-corrected chi connectivity index (χ3v) is 8.26. The molecule has 0 bridgehead atoms. The van der Waals surface area contributed by atoms with E-state index < -0.39 is 33.4 Å². The number of methoxy groups -OCH3 is 1. The van der Waals surface area contributed by atoms with E-state index in [1.807, 2.05) is 18.2 Å². The molecule has 2 aliphatic rings. The van der Waals surface area contributed by atoms with Crippen LogP contribution in [0, 0.1) is 5.92 Å². The lowest BCUT2D eigenvalue weighted by Gasteiger charge is -2.40. The van der Waals surface area contributed by atoms with Crippen molar-refractivity contribution in [2.45, 2.75) is 55.4 Å². The summed E-state index contributed by atoms with van der Waals surface area (Å²) in [5.41, 5.74) is -0.746. The number of nitrogens with zero attached hydrogens (tertiary/aromatic N) is 1. The van der Waals surface area contributed by atoms with Gasteiger partial charge in [0.2, 0.25) is 5.91 Å². The minimum Gasteiger partial charge on any atom is -0.469 e. The van der Waals surface area contributed by atoms with Gasteiger partial charge in [-0.05, 0) is 30.7 Å². The Morgan fingerprint density at radius 2 is 1.79 bits per heavy atom. The average Bonchev–Trinajstić information content (AvgIpc) is 2.98. The number of carbonyl (C=O) groups is 2. The van der Waals surface area contributed by atoms with Crippen molar-refractivity contribution in [3.8, 4) is 0 Å². The molecule has 0 radical (unpaired) electrons. The molecule has 0 N–H and O–H groups in total. The van der Waals surface area contributed by atoms with Crippen LogP contribution in [0.1, 0.15) is 44.9 Å². The molecule has 154 valence electrons. The molecular weight excluding hydrogens is 390 g/mol. The van der Waals surface area contributed by atoms with Gasteiger partial charge in [0, 0.05) is 5.39 Å². The van der Waals surface area contributed by atoms with E-state index in [9.17, 15) is 18.0 Å². The normalized spacial score (nSPS) is 21.6. The number of amides is 1. The summed E-state index contributed by atoms with van der Waals surface area (Å²) in [7, 11) is -2.79. The van der Waals surface area contributed by atoms with Crippen LogP contribution in [0.5, 0.6) is 0 Å². The highest BCUT2D eigenvalue weighted by molar-refractivity contribution is 7.90. The summed E-state index contributed by atoms with van der Waals surface area (Å²) in [6, 6.07) is 12.4. The first-order valence-corrected chi connectivity index (χ1v) is 11.5. The first-order chi connectivity index (χ1) is 13.9. The number of sulfonamides is 1. The molecule has 0 aromatic heterocycles. The summed E-state index contributed by atoms with van der Waals surface area (Å²) >= 11 is 0. The number of hydrogen-bond donors (Lipinski definition) is 0. The SMILES string of the molecule is COC(=O)C[C@@H]1CC2(CCCCC2)N(S(=O)(=O)c2cccc3ccccc23)C1=O. The highest BCUT2D eigenvalue weighted by Gasteiger charge is 2.56. The van der Waals surface area contributed by atoms with E-state index in [0.717, 1.165) is 29.0 Å². The lowest BCUT2D eigenvalue weighted by Crippen LogP contribution is -2.50. The van der Waals surface area contributed by atoms with Gasteiger partial charge in [0.1, 0.15) is 0 Å². The van der Waals surface area contributed by atoms with Gasteiger partial charge in [0.15, 0.2) is 0 Å². The molecule has 1 saturated heterocycles. The molecule has 7 heteroatoms. The second kappa shape index (κ2) is 7.44. The molecule has 1 aliphatic carbocycles. The Morgan fingerprint density at radius 1 is 1.10 bits per heavy atom. The first-order valence-electron chi connectivity index (χ1n) is 10.0. The molecule has 1 saturated carbocycles. The second-order valence-corrected chi connectivity index (χ2v) is 9.81. The summed E-state index contributed by atoms with van der Waals surface area (Å²) in [5.74, 6) is -1.63. The molecule has 29 heavy (non-hydrogen) atoms. The largest absolute Gasteiger partial charge is 0.469 e. The van der Waals surface area contributed by atoms with E-state index in [2.05, 4.69) is 0 Å². The van der Waals surface area contributed by atoms with Gasteiger partial charge in [-0.3, -0.25) is 9.59 Å². The van der Waals surface area contributed by atoms with Gasteiger partial charge in [0.05, 0.1) is 29.9 Å². The van der Waals surface area contributed by atoms with E-state index in [0.29, 0.717) is 24.6 Å². The van der Waals surface area contributed by atoms with Crippen LogP contribution in [-0.2, 0) is 24.3 Å². The lowest BCUT2D eigenvalue weighted by molar-refractivity contribution is -0.144. The Balaban J connectivity index is 1.83. The van der Waals surface area contributed by atoms with Gasteiger partial charge in [-0.15, -0.1) is 0 Å². The zero-order chi connectivity index (χ0) is 20.6. The van der Waals surface area contributed by atoms with E-state index in [-0.39, 0.29) is 11.3 Å². The zero-order valence-corrected chi connectivity index (χ0v) is 17.3. The molecule has 2 aromatic rings. The summed E-state index contributed by atoms with van der Waals surface area (Å²) in [4.78, 5) is 25.3. The third-order valence-electron chi connectivity index (χ3n) is 6.30. The Hall–Kier alpha value is -2.41. The number of ether oxygens (including phenoxy) is 1. The second-order valence-electron chi connectivity index (χ2n) is 8.05. The van der Waals surface area contributed by atoms with Gasteiger partial charge in [-0.2, -0.15) is 0 Å². The van der Waals surface area contributed by atoms with Crippen LogP contribution in [0.4, 0.5) is 0 Å². The van der Waals surface area contributed by atoms with E-state index in [1.165, 1.54) is 7.11 Å². The van der Waals surface area contributed by atoms with Crippen LogP contribution in [0.3, 0.4) is 0 Å². The summed E-state index contributed by atoms with van der Waals surface area (Å²) in [6.45, 7) is 0. The van der Waals surface area contributed by atoms with Crippen molar-refractivity contribution in [3.63, 3.8) is 0 Å². The fourth-order valence-electron chi connectivity index (χ4n) is 4.98. The maximum Gasteiger partial charge on any atom is 0.306 e. The number of fused-ring (bicyclic) bond motifs is 1. The van der Waals surface area contributed by atoms with Crippen LogP contribution in [0.15, 0.2) is 47.4 Å². The maximum absolute atomic E-state index is 13.8. The molecular formula is C22H25NO5S. The van der Waals surface area contributed by atoms with E-state index >= 15 is 0 Å². The van der Waals surface area contributed by atoms with Crippen molar-refractivity contribution in [1.82, 2.24) is 4.31 Å². The Labute approximate surface area is 170 Å². The molecule has 1 amide bonds. The van der Waals surface area contributed by atoms with Crippen molar-refractivity contribution in [2.24, 2.45) is 5.92 Å². The van der Waals surface area contributed by atoms with Gasteiger partial charge in [-0.25, -0.2) is 12.7 Å². The molecule has 1 aliphatic heterocycles. The number of benzene rings is 2. The van der Waals surface area contributed by atoms with Crippen LogP contribution in [0.25, 0.3) is 10.8 Å². The van der Waals surface area contributed by atoms with Crippen LogP contribution >= 0.6 is 0 Å². The van der Waals surface area contributed by atoms with E-state index in [4.69, 9.17) is 4.74 Å². The summed E-state index contributed by atoms with van der Waals surface area (Å²) in [6.07, 6.45) is 4.35. The third kappa shape index (κ3) is 3.31. The van der Waals surface area contributed by atoms with Gasteiger partial charge in [-0.1, -0.05) is 55.7 Å². The van der Waals surface area contributed by atoms with Crippen LogP contribution < -0.4 is 0 Å². The van der Waals surface area contributed by atoms with Crippen molar-refractivity contribution in [3.05, 3.63) is 42.5 Å². The summed E-state index contributed by atoms with van der Waals surface area (Å²) < 4.78 is 33.5. The predicted octanol–water partition coefficient (Wildman–Crippen LogP) is 3.64. The Bertz CT molecular complexity index is 1050. The van der Waals surface area contributed by atoms with Crippen molar-refractivity contribution < 1.29 is 22.7 Å². The molecule has 2 aromatic carbocycles. The Morgan fingerprint density at radius 3 is 2.52 bits per heavy atom. The van der Waals surface area contributed by atoms with Crippen molar-refractivity contribution in [1.29, 1.82) is 0 Å². The number of rotatable bonds is 4. The van der Waals surface area contributed by atoms with Crippen molar-refractivity contribution in [2.75, 3.05) is 7.11 Å². The minimum atomic E-state index is -4.07. The zero-order valence-electron chi connectivity index (χ0n) is 16.5. The lowest BCUT2D eigenvalue weighted by atomic mass is 9.78.